The number of methoxy groups -OCH3 is 1. The highest BCUT2D eigenvalue weighted by Crippen LogP contribution is 2.14. The zero-order valence-electron chi connectivity index (χ0n) is 13.1. The maximum atomic E-state index is 13.0. The summed E-state index contributed by atoms with van der Waals surface area (Å²) in [4.78, 5) is 29.4. The summed E-state index contributed by atoms with van der Waals surface area (Å²) in [7, 11) is 1.25. The van der Waals surface area contributed by atoms with Gasteiger partial charge in [0.2, 0.25) is 5.89 Å². The summed E-state index contributed by atoms with van der Waals surface area (Å²) in [6.07, 6.45) is 1.18. The van der Waals surface area contributed by atoms with Crippen LogP contribution in [0.25, 0.3) is 0 Å². The number of carbonyl (C=O) groups is 2. The van der Waals surface area contributed by atoms with Gasteiger partial charge in [0.25, 0.3) is 5.91 Å². The van der Waals surface area contributed by atoms with Crippen molar-refractivity contribution < 1.29 is 23.1 Å². The van der Waals surface area contributed by atoms with Gasteiger partial charge in [0, 0.05) is 11.6 Å². The fourth-order valence-electron chi connectivity index (χ4n) is 1.97. The molecule has 0 fully saturated rings. The van der Waals surface area contributed by atoms with E-state index in [0.29, 0.717) is 5.56 Å². The van der Waals surface area contributed by atoms with Gasteiger partial charge in [-0.25, -0.2) is 14.2 Å². The maximum absolute atomic E-state index is 13.0. The summed E-state index contributed by atoms with van der Waals surface area (Å²) in [5, 5.41) is 0. The van der Waals surface area contributed by atoms with Crippen LogP contribution in [-0.4, -0.2) is 34.9 Å². The van der Waals surface area contributed by atoms with Crippen LogP contribution in [0.15, 0.2) is 34.9 Å². The van der Waals surface area contributed by atoms with E-state index in [1.54, 1.807) is 0 Å². The summed E-state index contributed by atoms with van der Waals surface area (Å²) >= 11 is 0. The van der Waals surface area contributed by atoms with Crippen molar-refractivity contribution in [2.75, 3.05) is 7.11 Å². The van der Waals surface area contributed by atoms with Crippen molar-refractivity contribution in [2.45, 2.75) is 26.4 Å². The van der Waals surface area contributed by atoms with E-state index >= 15 is 0 Å². The first kappa shape index (κ1) is 16.7. The highest BCUT2D eigenvalue weighted by atomic mass is 19.1. The van der Waals surface area contributed by atoms with Crippen molar-refractivity contribution >= 4 is 11.9 Å². The molecule has 0 unspecified atom stereocenters. The van der Waals surface area contributed by atoms with Crippen LogP contribution >= 0.6 is 0 Å². The smallest absolute Gasteiger partial charge is 0.360 e. The number of carbonyl (C=O) groups excluding carboxylic acids is 2. The van der Waals surface area contributed by atoms with Crippen molar-refractivity contribution in [3.05, 3.63) is 53.5 Å². The third-order valence-electron chi connectivity index (χ3n) is 3.23. The number of ether oxygens (including phenoxy) is 1. The predicted octanol–water partition coefficient (Wildman–Crippen LogP) is 2.65. The summed E-state index contributed by atoms with van der Waals surface area (Å²) in [6, 6.07) is 5.16. The van der Waals surface area contributed by atoms with Gasteiger partial charge in [-0.3, -0.25) is 4.79 Å². The number of amides is 1. The van der Waals surface area contributed by atoms with Gasteiger partial charge in [-0.05, 0) is 38.1 Å². The number of hydrogen-bond donors (Lipinski definition) is 0. The molecule has 2 rings (SSSR count). The Hall–Kier alpha value is -2.70. The minimum atomic E-state index is -0.610. The standard InChI is InChI=1S/C16H17FN2O4/c1-10(2)19(15(20)11-4-6-12(17)7-5-11)8-14-18-13(9-23-14)16(21)22-3/h4-7,9-10H,8H2,1-3H3. The molecule has 0 aliphatic rings. The second-order valence-electron chi connectivity index (χ2n) is 5.15. The Bertz CT molecular complexity index is 694. The first-order chi connectivity index (χ1) is 10.9. The van der Waals surface area contributed by atoms with Gasteiger partial charge in [0.1, 0.15) is 12.1 Å². The lowest BCUT2D eigenvalue weighted by molar-refractivity contribution is 0.0593. The summed E-state index contributed by atoms with van der Waals surface area (Å²) < 4.78 is 22.7. The molecule has 0 aliphatic carbocycles. The molecule has 6 nitrogen and oxygen atoms in total. The highest BCUT2D eigenvalue weighted by Gasteiger charge is 2.22. The van der Waals surface area contributed by atoms with E-state index in [9.17, 15) is 14.0 Å². The van der Waals surface area contributed by atoms with Crippen molar-refractivity contribution in [1.82, 2.24) is 9.88 Å². The summed E-state index contributed by atoms with van der Waals surface area (Å²) in [5.74, 6) is -1.08. The monoisotopic (exact) mass is 320 g/mol. The Labute approximate surface area is 132 Å². The van der Waals surface area contributed by atoms with E-state index in [1.807, 2.05) is 13.8 Å². The van der Waals surface area contributed by atoms with E-state index in [1.165, 1.54) is 42.5 Å². The molecule has 0 spiro atoms. The molecular weight excluding hydrogens is 303 g/mol. The van der Waals surface area contributed by atoms with E-state index in [0.717, 1.165) is 0 Å². The van der Waals surface area contributed by atoms with E-state index < -0.39 is 11.8 Å². The number of oxazole rings is 1. The van der Waals surface area contributed by atoms with E-state index in [-0.39, 0.29) is 30.1 Å². The molecule has 23 heavy (non-hydrogen) atoms. The minimum absolute atomic E-state index is 0.0421. The lowest BCUT2D eigenvalue weighted by Gasteiger charge is -2.25. The molecule has 1 aromatic heterocycles. The maximum Gasteiger partial charge on any atom is 0.360 e. The van der Waals surface area contributed by atoms with Crippen molar-refractivity contribution in [1.29, 1.82) is 0 Å². The number of nitrogens with zero attached hydrogens (tertiary/aromatic N) is 2. The summed E-state index contributed by atoms with van der Waals surface area (Å²) in [6.45, 7) is 3.77. The van der Waals surface area contributed by atoms with Gasteiger partial charge >= 0.3 is 5.97 Å². The highest BCUT2D eigenvalue weighted by molar-refractivity contribution is 5.94. The molecule has 0 atom stereocenters. The van der Waals surface area contributed by atoms with Crippen LogP contribution in [0.3, 0.4) is 0 Å². The molecule has 0 N–H and O–H groups in total. The molecule has 1 heterocycles. The molecule has 122 valence electrons. The molecule has 0 bridgehead atoms. The van der Waals surface area contributed by atoms with Crippen LogP contribution in [0, 0.1) is 5.82 Å². The summed E-state index contributed by atoms with van der Waals surface area (Å²) in [5.41, 5.74) is 0.403. The molecule has 7 heteroatoms. The Kier molecular flexibility index (Phi) is 5.10. The quantitative estimate of drug-likeness (QED) is 0.792. The van der Waals surface area contributed by atoms with Gasteiger partial charge < -0.3 is 14.1 Å². The molecule has 1 aromatic carbocycles. The Morgan fingerprint density at radius 2 is 1.96 bits per heavy atom. The molecule has 0 radical (unpaired) electrons. The van der Waals surface area contributed by atoms with E-state index in [4.69, 9.17) is 4.42 Å². The zero-order valence-corrected chi connectivity index (χ0v) is 13.1. The number of halogens is 1. The number of aromatic nitrogens is 1. The lowest BCUT2D eigenvalue weighted by atomic mass is 10.1. The molecule has 2 aromatic rings. The number of rotatable bonds is 5. The van der Waals surface area contributed by atoms with Crippen molar-refractivity contribution in [3.63, 3.8) is 0 Å². The first-order valence-electron chi connectivity index (χ1n) is 7.01. The molecule has 1 amide bonds. The fraction of sp³-hybridized carbons (Fsp3) is 0.312. The van der Waals surface area contributed by atoms with Crippen molar-refractivity contribution in [2.24, 2.45) is 0 Å². The topological polar surface area (TPSA) is 72.6 Å². The zero-order chi connectivity index (χ0) is 17.0. The Morgan fingerprint density at radius 3 is 2.52 bits per heavy atom. The van der Waals surface area contributed by atoms with Gasteiger partial charge in [-0.2, -0.15) is 0 Å². The van der Waals surface area contributed by atoms with Crippen LogP contribution in [0.1, 0.15) is 40.6 Å². The molecule has 0 saturated heterocycles. The second-order valence-corrected chi connectivity index (χ2v) is 5.15. The molecule has 0 aliphatic heterocycles. The second kappa shape index (κ2) is 7.04. The predicted molar refractivity (Wildman–Crippen MR) is 79.3 cm³/mol. The van der Waals surface area contributed by atoms with Crippen LogP contribution in [0.5, 0.6) is 0 Å². The van der Waals surface area contributed by atoms with Crippen LogP contribution in [-0.2, 0) is 11.3 Å². The number of esters is 1. The number of hydrogen-bond acceptors (Lipinski definition) is 5. The lowest BCUT2D eigenvalue weighted by Crippen LogP contribution is -2.36. The third-order valence-corrected chi connectivity index (χ3v) is 3.23. The van der Waals surface area contributed by atoms with Crippen molar-refractivity contribution in [3.8, 4) is 0 Å². The Morgan fingerprint density at radius 1 is 1.30 bits per heavy atom. The fourth-order valence-corrected chi connectivity index (χ4v) is 1.97. The van der Waals surface area contributed by atoms with Crippen LogP contribution in [0.2, 0.25) is 0 Å². The molecular formula is C16H17FN2O4. The normalized spacial score (nSPS) is 10.7. The largest absolute Gasteiger partial charge is 0.464 e. The van der Waals surface area contributed by atoms with Gasteiger partial charge in [-0.15, -0.1) is 0 Å². The average molecular weight is 320 g/mol. The van der Waals surface area contributed by atoms with E-state index in [2.05, 4.69) is 9.72 Å². The Balaban J connectivity index is 2.18. The molecule has 0 saturated carbocycles. The number of benzene rings is 1. The third kappa shape index (κ3) is 3.94. The van der Waals surface area contributed by atoms with Gasteiger partial charge in [-0.1, -0.05) is 0 Å². The SMILES string of the molecule is COC(=O)c1coc(CN(C(=O)c2ccc(F)cc2)C(C)C)n1. The van der Waals surface area contributed by atoms with Crippen LogP contribution < -0.4 is 0 Å². The van der Waals surface area contributed by atoms with Gasteiger partial charge in [0.15, 0.2) is 5.69 Å². The van der Waals surface area contributed by atoms with Crippen LogP contribution in [0.4, 0.5) is 4.39 Å². The first-order valence-corrected chi connectivity index (χ1v) is 7.01. The van der Waals surface area contributed by atoms with Gasteiger partial charge in [0.05, 0.1) is 13.7 Å². The average Bonchev–Trinajstić information content (AvgIpc) is 3.00. The minimum Gasteiger partial charge on any atom is -0.464 e.